The number of hydrogen-bond donors (Lipinski definition) is 0. The molecule has 1 rings (SSSR count). The summed E-state index contributed by atoms with van der Waals surface area (Å²) in [5.41, 5.74) is 0. The van der Waals surface area contributed by atoms with Crippen LogP contribution in [0.4, 0.5) is 8.78 Å². The molecule has 0 aliphatic carbocycles. The van der Waals surface area contributed by atoms with E-state index < -0.39 is 6.61 Å². The molecule has 0 saturated carbocycles. The largest absolute Gasteiger partial charge is 0.435 e. The molecule has 1 aromatic carbocycles. The number of rotatable bonds is 2. The third kappa shape index (κ3) is 3.32. The molecule has 0 fully saturated rings. The van der Waals surface area contributed by atoms with Crippen molar-refractivity contribution in [3.8, 4) is 5.75 Å². The smallest absolute Gasteiger partial charge is 0.387 e. The van der Waals surface area contributed by atoms with Crippen LogP contribution in [-0.2, 0) is 0 Å². The fraction of sp³-hybridized carbons (Fsp3) is 0.143. The van der Waals surface area contributed by atoms with E-state index in [1.807, 2.05) is 22.6 Å². The monoisotopic (exact) mass is 426 g/mol. The number of ether oxygens (including phenoxy) is 1. The molecule has 0 heterocycles. The number of hydrogen-bond acceptors (Lipinski definition) is 1. The first-order valence-corrected chi connectivity index (χ1v) is 5.76. The molecule has 0 spiro atoms. The van der Waals surface area contributed by atoms with Crippen LogP contribution >= 0.6 is 54.5 Å². The van der Waals surface area contributed by atoms with Gasteiger partial charge >= 0.3 is 6.61 Å². The summed E-state index contributed by atoms with van der Waals surface area (Å²) >= 11 is 8.51. The lowest BCUT2D eigenvalue weighted by Gasteiger charge is -2.06. The van der Waals surface area contributed by atoms with Gasteiger partial charge in [-0.25, -0.2) is 0 Å². The highest BCUT2D eigenvalue weighted by molar-refractivity contribution is 14.1. The summed E-state index contributed by atoms with van der Waals surface area (Å²) in [6.45, 7) is -2.79. The van der Waals surface area contributed by atoms with Crippen molar-refractivity contribution < 1.29 is 13.5 Å². The Labute approximate surface area is 104 Å². The van der Waals surface area contributed by atoms with Gasteiger partial charge in [0.25, 0.3) is 0 Å². The molecular formula is C7H3Br2F2IO. The number of halogens is 5. The quantitative estimate of drug-likeness (QED) is 0.501. The Kier molecular flexibility index (Phi) is 4.37. The molecule has 0 bridgehead atoms. The van der Waals surface area contributed by atoms with Gasteiger partial charge in [0.15, 0.2) is 0 Å². The molecule has 72 valence electrons. The zero-order chi connectivity index (χ0) is 10.0. The van der Waals surface area contributed by atoms with Crippen LogP contribution in [0.15, 0.2) is 21.1 Å². The predicted molar refractivity (Wildman–Crippen MR) is 61.2 cm³/mol. The van der Waals surface area contributed by atoms with Crippen LogP contribution in [0.1, 0.15) is 0 Å². The van der Waals surface area contributed by atoms with Gasteiger partial charge in [-0.15, -0.1) is 0 Å². The second-order valence-corrected chi connectivity index (χ2v) is 4.89. The summed E-state index contributed by atoms with van der Waals surface area (Å²) in [6.07, 6.45) is 0. The molecular weight excluding hydrogens is 425 g/mol. The lowest BCUT2D eigenvalue weighted by Crippen LogP contribution is -2.02. The Bertz CT molecular complexity index is 296. The molecule has 0 aliphatic rings. The number of alkyl halides is 2. The van der Waals surface area contributed by atoms with Crippen LogP contribution in [0.2, 0.25) is 0 Å². The predicted octanol–water partition coefficient (Wildman–Crippen LogP) is 4.42. The maximum Gasteiger partial charge on any atom is 0.387 e. The van der Waals surface area contributed by atoms with Crippen LogP contribution in [0, 0.1) is 3.57 Å². The zero-order valence-electron chi connectivity index (χ0n) is 6.03. The summed E-state index contributed by atoms with van der Waals surface area (Å²) in [7, 11) is 0. The Hall–Kier alpha value is 0.570. The molecule has 1 aromatic rings. The molecule has 0 amide bonds. The van der Waals surface area contributed by atoms with Crippen LogP contribution in [-0.4, -0.2) is 6.61 Å². The van der Waals surface area contributed by atoms with Crippen molar-refractivity contribution in [2.24, 2.45) is 0 Å². The van der Waals surface area contributed by atoms with Crippen molar-refractivity contribution in [1.82, 2.24) is 0 Å². The van der Waals surface area contributed by atoms with Crippen molar-refractivity contribution in [2.45, 2.75) is 6.61 Å². The first-order valence-electron chi connectivity index (χ1n) is 3.10. The molecule has 6 heteroatoms. The van der Waals surface area contributed by atoms with E-state index in [-0.39, 0.29) is 5.75 Å². The minimum Gasteiger partial charge on any atom is -0.435 e. The minimum absolute atomic E-state index is 0.148. The highest BCUT2D eigenvalue weighted by atomic mass is 127. The zero-order valence-corrected chi connectivity index (χ0v) is 11.4. The van der Waals surface area contributed by atoms with Gasteiger partial charge in [-0.1, -0.05) is 0 Å². The van der Waals surface area contributed by atoms with Gasteiger partial charge in [-0.3, -0.25) is 0 Å². The normalized spacial score (nSPS) is 10.6. The van der Waals surface area contributed by atoms with Crippen molar-refractivity contribution in [2.75, 3.05) is 0 Å². The first kappa shape index (κ1) is 11.6. The maximum absolute atomic E-state index is 11.8. The third-order valence-corrected chi connectivity index (χ3v) is 4.79. The lowest BCUT2D eigenvalue weighted by atomic mass is 10.3. The van der Waals surface area contributed by atoms with Crippen LogP contribution < -0.4 is 4.74 Å². The Morgan fingerprint density at radius 2 is 1.92 bits per heavy atom. The van der Waals surface area contributed by atoms with Crippen molar-refractivity contribution in [3.05, 3.63) is 24.6 Å². The lowest BCUT2D eigenvalue weighted by molar-refractivity contribution is -0.0499. The van der Waals surface area contributed by atoms with E-state index in [1.165, 1.54) is 12.1 Å². The van der Waals surface area contributed by atoms with Crippen molar-refractivity contribution >= 4 is 54.5 Å². The van der Waals surface area contributed by atoms with Crippen LogP contribution in [0.25, 0.3) is 0 Å². The Balaban J connectivity index is 2.99. The molecule has 0 N–H and O–H groups in total. The molecule has 0 saturated heterocycles. The maximum atomic E-state index is 11.8. The van der Waals surface area contributed by atoms with Gasteiger partial charge < -0.3 is 4.74 Å². The third-order valence-electron chi connectivity index (χ3n) is 1.18. The topological polar surface area (TPSA) is 9.23 Å². The van der Waals surface area contributed by atoms with E-state index in [1.54, 1.807) is 0 Å². The molecule has 0 aliphatic heterocycles. The molecule has 0 aromatic heterocycles. The van der Waals surface area contributed by atoms with Gasteiger partial charge in [0.1, 0.15) is 5.75 Å². The van der Waals surface area contributed by atoms with Gasteiger partial charge in [-0.05, 0) is 66.6 Å². The SMILES string of the molecule is FC(F)Oc1cc(Br)c(Br)c(I)c1. The summed E-state index contributed by atoms with van der Waals surface area (Å²) in [5.74, 6) is 0.148. The molecule has 0 unspecified atom stereocenters. The molecule has 0 radical (unpaired) electrons. The van der Waals surface area contributed by atoms with Crippen LogP contribution in [0.3, 0.4) is 0 Å². The van der Waals surface area contributed by atoms with Gasteiger partial charge in [0.2, 0.25) is 0 Å². The highest BCUT2D eigenvalue weighted by Gasteiger charge is 2.09. The minimum atomic E-state index is -2.79. The van der Waals surface area contributed by atoms with E-state index in [2.05, 4.69) is 36.6 Å². The van der Waals surface area contributed by atoms with Gasteiger partial charge in [0, 0.05) is 12.5 Å². The Morgan fingerprint density at radius 1 is 1.31 bits per heavy atom. The molecule has 13 heavy (non-hydrogen) atoms. The van der Waals surface area contributed by atoms with Crippen molar-refractivity contribution in [1.29, 1.82) is 0 Å². The second-order valence-electron chi connectivity index (χ2n) is 2.08. The van der Waals surface area contributed by atoms with Gasteiger partial charge in [-0.2, -0.15) is 8.78 Å². The summed E-state index contributed by atoms with van der Waals surface area (Å²) in [5, 5.41) is 0. The van der Waals surface area contributed by atoms with E-state index >= 15 is 0 Å². The fourth-order valence-electron chi connectivity index (χ4n) is 0.703. The average molecular weight is 428 g/mol. The number of benzene rings is 1. The standard InChI is InChI=1S/C7H3Br2F2IO/c8-4-1-3(13-7(10)11)2-5(12)6(4)9/h1-2,7H. The van der Waals surface area contributed by atoms with Crippen molar-refractivity contribution in [3.63, 3.8) is 0 Å². The summed E-state index contributed by atoms with van der Waals surface area (Å²) in [4.78, 5) is 0. The van der Waals surface area contributed by atoms with Gasteiger partial charge in [0.05, 0.1) is 0 Å². The average Bonchev–Trinajstić information content (AvgIpc) is 1.98. The van der Waals surface area contributed by atoms with E-state index in [0.717, 1.165) is 8.04 Å². The summed E-state index contributed by atoms with van der Waals surface area (Å²) in [6, 6.07) is 3.01. The van der Waals surface area contributed by atoms with E-state index in [9.17, 15) is 8.78 Å². The van der Waals surface area contributed by atoms with E-state index in [0.29, 0.717) is 4.47 Å². The Morgan fingerprint density at radius 3 is 2.38 bits per heavy atom. The molecule has 1 nitrogen and oxygen atoms in total. The van der Waals surface area contributed by atoms with E-state index in [4.69, 9.17) is 0 Å². The second kappa shape index (κ2) is 4.88. The van der Waals surface area contributed by atoms with Crippen LogP contribution in [0.5, 0.6) is 5.75 Å². The highest BCUT2D eigenvalue weighted by Crippen LogP contribution is 2.32. The molecule has 0 atom stereocenters. The fourth-order valence-corrected chi connectivity index (χ4v) is 2.34. The summed E-state index contributed by atoms with van der Waals surface area (Å²) < 4.78 is 30.2. The first-order chi connectivity index (χ1) is 6.00.